The van der Waals surface area contributed by atoms with Crippen LogP contribution >= 0.6 is 0 Å². The van der Waals surface area contributed by atoms with Gasteiger partial charge >= 0.3 is 0 Å². The average molecular weight is 304 g/mol. The van der Waals surface area contributed by atoms with Crippen LogP contribution in [0, 0.1) is 5.92 Å². The van der Waals surface area contributed by atoms with Crippen molar-refractivity contribution in [2.75, 3.05) is 20.7 Å². The summed E-state index contributed by atoms with van der Waals surface area (Å²) in [6.07, 6.45) is 0. The van der Waals surface area contributed by atoms with Crippen LogP contribution in [0.5, 0.6) is 0 Å². The Hall–Kier alpha value is -1.38. The van der Waals surface area contributed by atoms with E-state index in [1.165, 1.54) is 26.2 Å². The highest BCUT2D eigenvalue weighted by atomic mass is 32.2. The summed E-state index contributed by atoms with van der Waals surface area (Å²) in [7, 11) is -0.956. The first kappa shape index (κ1) is 16.7. The monoisotopic (exact) mass is 304 g/mol. The van der Waals surface area contributed by atoms with Crippen molar-refractivity contribution in [2.24, 2.45) is 5.92 Å². The van der Waals surface area contributed by atoms with Gasteiger partial charge in [0.15, 0.2) is 5.76 Å². The zero-order valence-electron chi connectivity index (χ0n) is 12.0. The Kier molecular flexibility index (Phi) is 5.32. The number of carbonyl (C=O) groups is 1. The number of aliphatic hydroxyl groups excluding tert-OH is 1. The molecule has 0 aliphatic rings. The van der Waals surface area contributed by atoms with E-state index in [4.69, 9.17) is 9.52 Å². The minimum absolute atomic E-state index is 0.0453. The van der Waals surface area contributed by atoms with Crippen molar-refractivity contribution in [3.05, 3.63) is 17.9 Å². The molecule has 1 heterocycles. The van der Waals surface area contributed by atoms with Crippen LogP contribution in [0.1, 0.15) is 24.4 Å². The molecule has 0 radical (unpaired) electrons. The minimum Gasteiger partial charge on any atom is -0.438 e. The third kappa shape index (κ3) is 3.59. The Morgan fingerprint density at radius 3 is 2.45 bits per heavy atom. The second-order valence-corrected chi connectivity index (χ2v) is 7.00. The summed E-state index contributed by atoms with van der Waals surface area (Å²) in [5.41, 5.74) is 0. The van der Waals surface area contributed by atoms with Crippen molar-refractivity contribution in [2.45, 2.75) is 25.0 Å². The molecule has 1 aromatic rings. The normalized spacial score (nSPS) is 13.8. The van der Waals surface area contributed by atoms with Gasteiger partial charge in [0.25, 0.3) is 15.9 Å². The Labute approximate surface area is 118 Å². The zero-order valence-corrected chi connectivity index (χ0v) is 12.8. The maximum absolute atomic E-state index is 11.9. The topological polar surface area (TPSA) is 99.8 Å². The van der Waals surface area contributed by atoms with E-state index in [2.05, 4.69) is 5.32 Å². The van der Waals surface area contributed by atoms with Gasteiger partial charge in [-0.2, -0.15) is 0 Å². The lowest BCUT2D eigenvalue weighted by molar-refractivity contribution is 0.0863. The van der Waals surface area contributed by atoms with Crippen molar-refractivity contribution in [1.82, 2.24) is 9.62 Å². The van der Waals surface area contributed by atoms with Crippen LogP contribution in [0.15, 0.2) is 21.6 Å². The predicted octanol–water partition coefficient (Wildman–Crippen LogP) is 0.277. The summed E-state index contributed by atoms with van der Waals surface area (Å²) in [4.78, 5) is 11.9. The van der Waals surface area contributed by atoms with Gasteiger partial charge in [0.1, 0.15) is 0 Å². The van der Waals surface area contributed by atoms with Gasteiger partial charge in [0.2, 0.25) is 5.09 Å². The third-order valence-electron chi connectivity index (χ3n) is 2.86. The zero-order chi connectivity index (χ0) is 15.5. The Morgan fingerprint density at radius 1 is 1.40 bits per heavy atom. The Morgan fingerprint density at radius 2 is 2.00 bits per heavy atom. The summed E-state index contributed by atoms with van der Waals surface area (Å²) in [5.74, 6) is -0.619. The van der Waals surface area contributed by atoms with E-state index < -0.39 is 22.0 Å². The fourth-order valence-corrected chi connectivity index (χ4v) is 2.22. The molecule has 0 aliphatic carbocycles. The molecule has 1 unspecified atom stereocenters. The first-order valence-corrected chi connectivity index (χ1v) is 7.58. The largest absolute Gasteiger partial charge is 0.438 e. The Balaban J connectivity index is 2.90. The van der Waals surface area contributed by atoms with Crippen LogP contribution in [0.2, 0.25) is 0 Å². The van der Waals surface area contributed by atoms with Gasteiger partial charge in [-0.1, -0.05) is 13.8 Å². The van der Waals surface area contributed by atoms with E-state index in [1.807, 2.05) is 13.8 Å². The van der Waals surface area contributed by atoms with Crippen molar-refractivity contribution in [3.63, 3.8) is 0 Å². The first-order valence-electron chi connectivity index (χ1n) is 6.14. The van der Waals surface area contributed by atoms with E-state index in [-0.39, 0.29) is 23.4 Å². The van der Waals surface area contributed by atoms with Crippen LogP contribution < -0.4 is 5.32 Å². The van der Waals surface area contributed by atoms with E-state index in [1.54, 1.807) is 0 Å². The smallest absolute Gasteiger partial charge is 0.287 e. The maximum atomic E-state index is 11.9. The fraction of sp³-hybridized carbons (Fsp3) is 0.583. The second-order valence-electron chi connectivity index (χ2n) is 4.91. The van der Waals surface area contributed by atoms with Gasteiger partial charge in [-0.3, -0.25) is 4.79 Å². The molecular weight excluding hydrogens is 284 g/mol. The minimum atomic E-state index is -3.70. The number of hydrogen-bond donors (Lipinski definition) is 2. The van der Waals surface area contributed by atoms with Gasteiger partial charge in [0, 0.05) is 14.1 Å². The lowest BCUT2D eigenvalue weighted by Gasteiger charge is -2.18. The molecule has 2 N–H and O–H groups in total. The molecule has 0 saturated carbocycles. The highest BCUT2D eigenvalue weighted by Gasteiger charge is 2.24. The molecule has 1 atom stereocenters. The van der Waals surface area contributed by atoms with Crippen LogP contribution in [0.4, 0.5) is 0 Å². The number of rotatable bonds is 6. The molecule has 8 heteroatoms. The molecule has 0 bridgehead atoms. The van der Waals surface area contributed by atoms with Crippen LogP contribution in [0.25, 0.3) is 0 Å². The van der Waals surface area contributed by atoms with Crippen LogP contribution in [-0.2, 0) is 10.0 Å². The average Bonchev–Trinajstić information content (AvgIpc) is 2.85. The fourth-order valence-electron chi connectivity index (χ4n) is 1.42. The first-order chi connectivity index (χ1) is 9.20. The van der Waals surface area contributed by atoms with E-state index in [0.717, 1.165) is 4.31 Å². The molecule has 114 valence electrons. The van der Waals surface area contributed by atoms with Crippen molar-refractivity contribution < 1.29 is 22.7 Å². The highest BCUT2D eigenvalue weighted by Crippen LogP contribution is 2.17. The van der Waals surface area contributed by atoms with Gasteiger partial charge in [-0.05, 0) is 18.1 Å². The van der Waals surface area contributed by atoms with E-state index in [0.29, 0.717) is 0 Å². The highest BCUT2D eigenvalue weighted by molar-refractivity contribution is 7.88. The van der Waals surface area contributed by atoms with E-state index in [9.17, 15) is 13.2 Å². The molecule has 0 aromatic carbocycles. The number of hydrogen-bond acceptors (Lipinski definition) is 5. The number of furan rings is 1. The standard InChI is InChI=1S/C12H20N2O5S/c1-8(2)9(7-15)13-12(16)10-5-6-11(19-10)20(17,18)14(3)4/h5-6,8-9,15H,7H2,1-4H3,(H,13,16). The van der Waals surface area contributed by atoms with Gasteiger partial charge in [-0.15, -0.1) is 0 Å². The molecule has 0 fully saturated rings. The van der Waals surface area contributed by atoms with Gasteiger partial charge < -0.3 is 14.8 Å². The SMILES string of the molecule is CC(C)C(CO)NC(=O)c1ccc(S(=O)(=O)N(C)C)o1. The molecule has 1 rings (SSSR count). The lowest BCUT2D eigenvalue weighted by atomic mass is 10.1. The summed E-state index contributed by atoms with van der Waals surface area (Å²) >= 11 is 0. The number of carbonyl (C=O) groups excluding carboxylic acids is 1. The molecule has 20 heavy (non-hydrogen) atoms. The molecule has 0 saturated heterocycles. The number of sulfonamides is 1. The summed E-state index contributed by atoms with van der Waals surface area (Å²) in [5, 5.41) is 11.4. The number of amides is 1. The van der Waals surface area contributed by atoms with Gasteiger partial charge in [-0.25, -0.2) is 12.7 Å². The number of nitrogens with one attached hydrogen (secondary N) is 1. The number of aliphatic hydroxyl groups is 1. The summed E-state index contributed by atoms with van der Waals surface area (Å²) in [6.45, 7) is 3.50. The number of nitrogens with zero attached hydrogens (tertiary/aromatic N) is 1. The summed E-state index contributed by atoms with van der Waals surface area (Å²) in [6, 6.07) is 2.11. The van der Waals surface area contributed by atoms with Crippen molar-refractivity contribution in [3.8, 4) is 0 Å². The molecule has 1 amide bonds. The van der Waals surface area contributed by atoms with Crippen molar-refractivity contribution in [1.29, 1.82) is 0 Å². The third-order valence-corrected chi connectivity index (χ3v) is 4.55. The summed E-state index contributed by atoms with van der Waals surface area (Å²) < 4.78 is 29.7. The molecule has 0 spiro atoms. The van der Waals surface area contributed by atoms with Crippen LogP contribution in [-0.4, -0.2) is 50.5 Å². The van der Waals surface area contributed by atoms with Gasteiger partial charge in [0.05, 0.1) is 12.6 Å². The Bertz CT molecular complexity index is 562. The molecular formula is C12H20N2O5S. The maximum Gasteiger partial charge on any atom is 0.287 e. The quantitative estimate of drug-likeness (QED) is 0.786. The van der Waals surface area contributed by atoms with E-state index >= 15 is 0 Å². The molecule has 7 nitrogen and oxygen atoms in total. The van der Waals surface area contributed by atoms with Crippen LogP contribution in [0.3, 0.4) is 0 Å². The second kappa shape index (κ2) is 6.38. The predicted molar refractivity (Wildman–Crippen MR) is 72.8 cm³/mol. The molecule has 0 aliphatic heterocycles. The lowest BCUT2D eigenvalue weighted by Crippen LogP contribution is -2.41. The van der Waals surface area contributed by atoms with Crippen molar-refractivity contribution >= 4 is 15.9 Å². The molecule has 1 aromatic heterocycles.